The van der Waals surface area contributed by atoms with Crippen molar-refractivity contribution in [2.24, 2.45) is 5.16 Å². The van der Waals surface area contributed by atoms with Gasteiger partial charge in [0.05, 0.1) is 21.8 Å². The summed E-state index contributed by atoms with van der Waals surface area (Å²) < 4.78 is 38.6. The zero-order valence-corrected chi connectivity index (χ0v) is 13.6. The van der Waals surface area contributed by atoms with Crippen LogP contribution in [0, 0.1) is 0 Å². The number of alkyl halides is 3. The molecule has 23 heavy (non-hydrogen) atoms. The molecule has 0 aliphatic carbocycles. The molecule has 0 fully saturated rings. The third-order valence-electron chi connectivity index (χ3n) is 2.80. The molecule has 0 saturated heterocycles. The lowest BCUT2D eigenvalue weighted by atomic mass is 10.1. The minimum atomic E-state index is -4.50. The van der Waals surface area contributed by atoms with Crippen LogP contribution in [-0.4, -0.2) is 6.21 Å². The van der Waals surface area contributed by atoms with E-state index < -0.39 is 11.7 Å². The van der Waals surface area contributed by atoms with Crippen LogP contribution in [0.1, 0.15) is 16.7 Å². The van der Waals surface area contributed by atoms with E-state index in [1.165, 1.54) is 0 Å². The zero-order chi connectivity index (χ0) is 17.0. The van der Waals surface area contributed by atoms with Gasteiger partial charge in [0, 0.05) is 10.6 Å². The van der Waals surface area contributed by atoms with Gasteiger partial charge in [0.2, 0.25) is 0 Å². The molecule has 2 aromatic carbocycles. The average molecular weight is 383 g/mol. The Morgan fingerprint density at radius 1 is 1.00 bits per heavy atom. The molecule has 0 aliphatic rings. The fourth-order valence-corrected chi connectivity index (χ4v) is 2.24. The summed E-state index contributed by atoms with van der Waals surface area (Å²) in [6.07, 6.45) is -3.54. The van der Waals surface area contributed by atoms with Gasteiger partial charge in [-0.05, 0) is 35.9 Å². The Morgan fingerprint density at radius 2 is 1.74 bits per heavy atom. The Hall–Kier alpha value is -1.43. The lowest BCUT2D eigenvalue weighted by Gasteiger charge is -2.10. The highest BCUT2D eigenvalue weighted by molar-refractivity contribution is 6.42. The minimum Gasteiger partial charge on any atom is -0.391 e. The normalized spacial score (nSPS) is 11.9. The maximum Gasteiger partial charge on any atom is 0.417 e. The molecule has 8 heteroatoms. The summed E-state index contributed by atoms with van der Waals surface area (Å²) in [5, 5.41) is 4.46. The van der Waals surface area contributed by atoms with E-state index in [0.717, 1.165) is 24.4 Å². The Labute approximate surface area is 145 Å². The van der Waals surface area contributed by atoms with Gasteiger partial charge in [0.25, 0.3) is 0 Å². The van der Waals surface area contributed by atoms with Crippen LogP contribution in [-0.2, 0) is 17.6 Å². The van der Waals surface area contributed by atoms with Gasteiger partial charge in [-0.25, -0.2) is 0 Å². The second kappa shape index (κ2) is 7.43. The van der Waals surface area contributed by atoms with E-state index in [-0.39, 0.29) is 17.2 Å². The number of oxime groups is 1. The molecule has 0 aromatic heterocycles. The molecule has 0 radical (unpaired) electrons. The summed E-state index contributed by atoms with van der Waals surface area (Å²) in [6.45, 7) is 0.0370. The van der Waals surface area contributed by atoms with E-state index >= 15 is 0 Å². The first-order valence-corrected chi connectivity index (χ1v) is 7.37. The molecule has 122 valence electrons. The Kier molecular flexibility index (Phi) is 5.79. The number of rotatable bonds is 4. The summed E-state index contributed by atoms with van der Waals surface area (Å²) in [7, 11) is 0. The number of halogens is 6. The lowest BCUT2D eigenvalue weighted by molar-refractivity contribution is -0.137. The highest BCUT2D eigenvalue weighted by Gasteiger charge is 2.32. The molecule has 0 aliphatic heterocycles. The summed E-state index contributed by atoms with van der Waals surface area (Å²) in [5.41, 5.74) is -0.346. The third-order valence-corrected chi connectivity index (χ3v) is 3.77. The second-order valence-corrected chi connectivity index (χ2v) is 5.74. The second-order valence-electron chi connectivity index (χ2n) is 4.49. The Morgan fingerprint density at radius 3 is 2.39 bits per heavy atom. The molecular formula is C15H9Cl3F3NO. The molecule has 2 rings (SSSR count). The first-order valence-electron chi connectivity index (χ1n) is 6.23. The molecule has 0 spiro atoms. The van der Waals surface area contributed by atoms with Crippen molar-refractivity contribution < 1.29 is 18.0 Å². The van der Waals surface area contributed by atoms with Crippen molar-refractivity contribution in [3.8, 4) is 0 Å². The fourth-order valence-electron chi connectivity index (χ4n) is 1.73. The molecular weight excluding hydrogens is 374 g/mol. The molecule has 0 bridgehead atoms. The summed E-state index contributed by atoms with van der Waals surface area (Å²) in [6, 6.07) is 8.06. The van der Waals surface area contributed by atoms with Gasteiger partial charge in [-0.15, -0.1) is 0 Å². The molecule has 0 amide bonds. The highest BCUT2D eigenvalue weighted by Crippen LogP contribution is 2.32. The van der Waals surface area contributed by atoms with Crippen LogP contribution in [0.3, 0.4) is 0 Å². The smallest absolute Gasteiger partial charge is 0.391 e. The van der Waals surface area contributed by atoms with E-state index in [2.05, 4.69) is 5.16 Å². The predicted octanol–water partition coefficient (Wildman–Crippen LogP) is 6.22. The highest BCUT2D eigenvalue weighted by atomic mass is 35.5. The maximum atomic E-state index is 12.9. The van der Waals surface area contributed by atoms with Crippen molar-refractivity contribution in [3.05, 3.63) is 68.2 Å². The van der Waals surface area contributed by atoms with Crippen molar-refractivity contribution in [1.29, 1.82) is 0 Å². The summed E-state index contributed by atoms with van der Waals surface area (Å²) in [5.74, 6) is 0. The molecule has 0 saturated carbocycles. The quantitative estimate of drug-likeness (QED) is 0.454. The first-order chi connectivity index (χ1) is 10.8. The van der Waals surface area contributed by atoms with Gasteiger partial charge in [0.15, 0.2) is 0 Å². The van der Waals surface area contributed by atoms with E-state index in [1.54, 1.807) is 18.2 Å². The number of nitrogens with zero attached hydrogens (tertiary/aromatic N) is 1. The van der Waals surface area contributed by atoms with E-state index in [9.17, 15) is 13.2 Å². The fraction of sp³-hybridized carbons (Fsp3) is 0.133. The van der Waals surface area contributed by atoms with Crippen molar-refractivity contribution in [2.45, 2.75) is 12.8 Å². The van der Waals surface area contributed by atoms with E-state index in [1.807, 2.05) is 0 Å². The van der Waals surface area contributed by atoms with Crippen LogP contribution in [0.25, 0.3) is 0 Å². The summed E-state index contributed by atoms with van der Waals surface area (Å²) in [4.78, 5) is 4.98. The van der Waals surface area contributed by atoms with Crippen LogP contribution in [0.4, 0.5) is 13.2 Å². The number of hydrogen-bond donors (Lipinski definition) is 0. The Bertz CT molecular complexity index is 732. The van der Waals surface area contributed by atoms with Crippen molar-refractivity contribution >= 4 is 41.0 Å². The van der Waals surface area contributed by atoms with Crippen LogP contribution < -0.4 is 0 Å². The van der Waals surface area contributed by atoms with Gasteiger partial charge in [-0.1, -0.05) is 46.0 Å². The predicted molar refractivity (Wildman–Crippen MR) is 85.3 cm³/mol. The maximum absolute atomic E-state index is 12.9. The van der Waals surface area contributed by atoms with Gasteiger partial charge < -0.3 is 4.84 Å². The van der Waals surface area contributed by atoms with E-state index in [4.69, 9.17) is 39.6 Å². The third kappa shape index (κ3) is 5.03. The van der Waals surface area contributed by atoms with Crippen LogP contribution in [0.5, 0.6) is 0 Å². The van der Waals surface area contributed by atoms with Crippen LogP contribution in [0.15, 0.2) is 41.6 Å². The van der Waals surface area contributed by atoms with Crippen molar-refractivity contribution in [3.63, 3.8) is 0 Å². The van der Waals surface area contributed by atoms with Crippen LogP contribution >= 0.6 is 34.8 Å². The van der Waals surface area contributed by atoms with Gasteiger partial charge >= 0.3 is 6.18 Å². The standard InChI is InChI=1S/C15H9Cl3F3NO/c16-11-2-3-12(15(19,20)21)10(6-11)7-22-23-8-9-1-4-13(17)14(18)5-9/h1-7H,8H2/b22-7+. The van der Waals surface area contributed by atoms with Gasteiger partial charge in [-0.3, -0.25) is 0 Å². The largest absolute Gasteiger partial charge is 0.417 e. The number of hydrogen-bond acceptors (Lipinski definition) is 2. The first kappa shape index (κ1) is 17.9. The molecule has 0 heterocycles. The zero-order valence-electron chi connectivity index (χ0n) is 11.4. The minimum absolute atomic E-state index is 0.0370. The summed E-state index contributed by atoms with van der Waals surface area (Å²) >= 11 is 17.3. The van der Waals surface area contributed by atoms with Gasteiger partial charge in [0.1, 0.15) is 6.61 Å². The molecule has 2 nitrogen and oxygen atoms in total. The van der Waals surface area contributed by atoms with Crippen LogP contribution in [0.2, 0.25) is 15.1 Å². The molecule has 0 atom stereocenters. The Balaban J connectivity index is 2.08. The molecule has 2 aromatic rings. The average Bonchev–Trinajstić information content (AvgIpc) is 2.46. The van der Waals surface area contributed by atoms with Gasteiger partial charge in [-0.2, -0.15) is 13.2 Å². The van der Waals surface area contributed by atoms with Crippen molar-refractivity contribution in [1.82, 2.24) is 0 Å². The van der Waals surface area contributed by atoms with Crippen molar-refractivity contribution in [2.75, 3.05) is 0 Å². The molecule has 0 unspecified atom stereocenters. The lowest BCUT2D eigenvalue weighted by Crippen LogP contribution is -2.08. The number of benzene rings is 2. The SMILES string of the molecule is FC(F)(F)c1ccc(Cl)cc1/C=N/OCc1ccc(Cl)c(Cl)c1. The van der Waals surface area contributed by atoms with E-state index in [0.29, 0.717) is 15.6 Å². The monoisotopic (exact) mass is 381 g/mol. The topological polar surface area (TPSA) is 21.6 Å². The molecule has 0 N–H and O–H groups in total.